The molecule has 0 saturated carbocycles. The largest absolute Gasteiger partial charge is 0.416 e. The van der Waals surface area contributed by atoms with E-state index in [0.717, 1.165) is 17.2 Å². The van der Waals surface area contributed by atoms with Crippen LogP contribution in [0.3, 0.4) is 0 Å². The van der Waals surface area contributed by atoms with Crippen LogP contribution in [0.5, 0.6) is 0 Å². The van der Waals surface area contributed by atoms with Gasteiger partial charge in [0.25, 0.3) is 0 Å². The molecule has 2 aromatic rings. The number of hydrogen-bond donors (Lipinski definition) is 1. The lowest BCUT2D eigenvalue weighted by Gasteiger charge is -2.17. The van der Waals surface area contributed by atoms with Crippen molar-refractivity contribution in [3.8, 4) is 0 Å². The van der Waals surface area contributed by atoms with Crippen LogP contribution in [0, 0.1) is 6.92 Å². The number of nitrogens with zero attached hydrogens (tertiary/aromatic N) is 1. The summed E-state index contributed by atoms with van der Waals surface area (Å²) in [5.41, 5.74) is 2.14. The molecule has 0 aliphatic heterocycles. The number of aryl methyl sites for hydroxylation is 1. The molecular formula is C16H17F3N2. The van der Waals surface area contributed by atoms with E-state index in [1.54, 1.807) is 18.5 Å². The van der Waals surface area contributed by atoms with E-state index in [2.05, 4.69) is 10.3 Å². The van der Waals surface area contributed by atoms with Crippen LogP contribution in [0.15, 0.2) is 42.7 Å². The Kier molecular flexibility index (Phi) is 4.63. The lowest BCUT2D eigenvalue weighted by atomic mass is 10.0. The first-order valence-electron chi connectivity index (χ1n) is 6.68. The molecule has 0 radical (unpaired) electrons. The Morgan fingerprint density at radius 2 is 2.00 bits per heavy atom. The molecule has 1 aromatic heterocycles. The van der Waals surface area contributed by atoms with Crippen molar-refractivity contribution in [1.29, 1.82) is 0 Å². The second-order valence-electron chi connectivity index (χ2n) is 5.03. The standard InChI is InChI=1S/C16H17F3N2/c1-11-6-7-20-9-14(11)10-21-12(2)13-4-3-5-15(8-13)16(17,18)19/h3-9,12,21H,10H2,1-2H3. The minimum atomic E-state index is -4.31. The third kappa shape index (κ3) is 4.04. The summed E-state index contributed by atoms with van der Waals surface area (Å²) in [6.07, 6.45) is -0.827. The quantitative estimate of drug-likeness (QED) is 0.911. The maximum atomic E-state index is 12.7. The van der Waals surface area contributed by atoms with Gasteiger partial charge in [-0.1, -0.05) is 12.1 Å². The van der Waals surface area contributed by atoms with Crippen molar-refractivity contribution in [3.05, 3.63) is 65.0 Å². The van der Waals surface area contributed by atoms with Gasteiger partial charge in [-0.25, -0.2) is 0 Å². The highest BCUT2D eigenvalue weighted by atomic mass is 19.4. The lowest BCUT2D eigenvalue weighted by Crippen LogP contribution is -2.19. The topological polar surface area (TPSA) is 24.9 Å². The van der Waals surface area contributed by atoms with E-state index < -0.39 is 11.7 Å². The first-order valence-corrected chi connectivity index (χ1v) is 6.68. The van der Waals surface area contributed by atoms with Gasteiger partial charge in [0.05, 0.1) is 5.56 Å². The van der Waals surface area contributed by atoms with E-state index in [9.17, 15) is 13.2 Å². The molecule has 0 spiro atoms. The zero-order valence-electron chi connectivity index (χ0n) is 11.9. The number of alkyl halides is 3. The minimum Gasteiger partial charge on any atom is -0.306 e. The highest BCUT2D eigenvalue weighted by molar-refractivity contribution is 5.28. The first-order chi connectivity index (χ1) is 9.88. The van der Waals surface area contributed by atoms with Gasteiger partial charge in [-0.3, -0.25) is 4.98 Å². The molecule has 1 atom stereocenters. The monoisotopic (exact) mass is 294 g/mol. The summed E-state index contributed by atoms with van der Waals surface area (Å²) in [6.45, 7) is 4.39. The zero-order valence-corrected chi connectivity index (χ0v) is 11.9. The number of halogens is 3. The summed E-state index contributed by atoms with van der Waals surface area (Å²) in [5.74, 6) is 0. The number of hydrogen-bond acceptors (Lipinski definition) is 2. The van der Waals surface area contributed by atoms with Crippen molar-refractivity contribution in [2.75, 3.05) is 0 Å². The van der Waals surface area contributed by atoms with E-state index >= 15 is 0 Å². The summed E-state index contributed by atoms with van der Waals surface area (Å²) < 4.78 is 38.1. The summed E-state index contributed by atoms with van der Waals surface area (Å²) in [5, 5.41) is 3.23. The van der Waals surface area contributed by atoms with Crippen molar-refractivity contribution >= 4 is 0 Å². The summed E-state index contributed by atoms with van der Waals surface area (Å²) in [7, 11) is 0. The Balaban J connectivity index is 2.07. The SMILES string of the molecule is Cc1ccncc1CNC(C)c1cccc(C(F)(F)F)c1. The van der Waals surface area contributed by atoms with Crippen LogP contribution in [0.4, 0.5) is 13.2 Å². The van der Waals surface area contributed by atoms with Crippen molar-refractivity contribution in [2.24, 2.45) is 0 Å². The molecule has 0 amide bonds. The van der Waals surface area contributed by atoms with E-state index in [0.29, 0.717) is 12.1 Å². The number of nitrogens with one attached hydrogen (secondary N) is 1. The number of aromatic nitrogens is 1. The fraction of sp³-hybridized carbons (Fsp3) is 0.312. The number of pyridine rings is 1. The molecule has 0 saturated heterocycles. The molecule has 0 aliphatic carbocycles. The van der Waals surface area contributed by atoms with Crippen LogP contribution in [0.1, 0.15) is 35.2 Å². The Morgan fingerprint density at radius 1 is 1.24 bits per heavy atom. The van der Waals surface area contributed by atoms with Gasteiger partial charge in [-0.15, -0.1) is 0 Å². The second-order valence-corrected chi connectivity index (χ2v) is 5.03. The molecule has 0 fully saturated rings. The van der Waals surface area contributed by atoms with Crippen molar-refractivity contribution in [1.82, 2.24) is 10.3 Å². The van der Waals surface area contributed by atoms with Crippen LogP contribution in [-0.4, -0.2) is 4.98 Å². The van der Waals surface area contributed by atoms with Crippen LogP contribution in [-0.2, 0) is 12.7 Å². The number of benzene rings is 1. The Hall–Kier alpha value is -1.88. The molecule has 5 heteroatoms. The third-order valence-corrected chi connectivity index (χ3v) is 3.46. The molecule has 2 rings (SSSR count). The molecule has 2 nitrogen and oxygen atoms in total. The minimum absolute atomic E-state index is 0.174. The fourth-order valence-electron chi connectivity index (χ4n) is 2.05. The first kappa shape index (κ1) is 15.5. The van der Waals surface area contributed by atoms with Crippen LogP contribution in [0.25, 0.3) is 0 Å². The van der Waals surface area contributed by atoms with Crippen LogP contribution in [0.2, 0.25) is 0 Å². The van der Waals surface area contributed by atoms with Crippen LogP contribution < -0.4 is 5.32 Å². The molecule has 1 unspecified atom stereocenters. The smallest absolute Gasteiger partial charge is 0.306 e. The molecule has 1 aromatic carbocycles. The van der Waals surface area contributed by atoms with Gasteiger partial charge in [0, 0.05) is 25.0 Å². The lowest BCUT2D eigenvalue weighted by molar-refractivity contribution is -0.137. The van der Waals surface area contributed by atoms with Gasteiger partial charge < -0.3 is 5.32 Å². The average molecular weight is 294 g/mol. The molecule has 1 N–H and O–H groups in total. The van der Waals surface area contributed by atoms with Crippen molar-refractivity contribution < 1.29 is 13.2 Å². The maximum absolute atomic E-state index is 12.7. The van der Waals surface area contributed by atoms with Gasteiger partial charge >= 0.3 is 6.18 Å². The van der Waals surface area contributed by atoms with E-state index in [1.165, 1.54) is 12.1 Å². The predicted octanol–water partition coefficient (Wildman–Crippen LogP) is 4.26. The van der Waals surface area contributed by atoms with Crippen LogP contribution >= 0.6 is 0 Å². The summed E-state index contributed by atoms with van der Waals surface area (Å²) in [6, 6.07) is 7.14. The van der Waals surface area contributed by atoms with Gasteiger partial charge in [0.2, 0.25) is 0 Å². The van der Waals surface area contributed by atoms with E-state index in [4.69, 9.17) is 0 Å². The molecule has 0 aliphatic rings. The average Bonchev–Trinajstić information content (AvgIpc) is 2.45. The Labute approximate surface area is 122 Å². The molecular weight excluding hydrogens is 277 g/mol. The molecule has 1 heterocycles. The molecule has 112 valence electrons. The highest BCUT2D eigenvalue weighted by Gasteiger charge is 2.30. The van der Waals surface area contributed by atoms with Crippen molar-refractivity contribution in [2.45, 2.75) is 32.6 Å². The normalized spacial score (nSPS) is 13.2. The zero-order chi connectivity index (χ0) is 15.5. The Bertz CT molecular complexity index is 608. The fourth-order valence-corrected chi connectivity index (χ4v) is 2.05. The Morgan fingerprint density at radius 3 is 2.67 bits per heavy atom. The highest BCUT2D eigenvalue weighted by Crippen LogP contribution is 2.30. The third-order valence-electron chi connectivity index (χ3n) is 3.46. The van der Waals surface area contributed by atoms with Crippen molar-refractivity contribution in [3.63, 3.8) is 0 Å². The molecule has 0 bridgehead atoms. The van der Waals surface area contributed by atoms with Gasteiger partial charge in [-0.2, -0.15) is 13.2 Å². The van der Waals surface area contributed by atoms with E-state index in [-0.39, 0.29) is 6.04 Å². The number of rotatable bonds is 4. The predicted molar refractivity (Wildman–Crippen MR) is 75.7 cm³/mol. The molecule has 21 heavy (non-hydrogen) atoms. The second kappa shape index (κ2) is 6.26. The summed E-state index contributed by atoms with van der Waals surface area (Å²) in [4.78, 5) is 4.05. The van der Waals surface area contributed by atoms with Gasteiger partial charge in [0.1, 0.15) is 0 Å². The summed E-state index contributed by atoms with van der Waals surface area (Å²) >= 11 is 0. The van der Waals surface area contributed by atoms with E-state index in [1.807, 2.05) is 19.9 Å². The maximum Gasteiger partial charge on any atom is 0.416 e. The van der Waals surface area contributed by atoms with Gasteiger partial charge in [0.15, 0.2) is 0 Å². The van der Waals surface area contributed by atoms with Gasteiger partial charge in [-0.05, 0) is 48.7 Å².